The van der Waals surface area contributed by atoms with Gasteiger partial charge < -0.3 is 20.3 Å². The number of phenols is 1. The third kappa shape index (κ3) is 5.63. The first-order valence-corrected chi connectivity index (χ1v) is 5.48. The van der Waals surface area contributed by atoms with Crippen molar-refractivity contribution in [2.75, 3.05) is 20.3 Å². The molecule has 5 heteroatoms. The van der Waals surface area contributed by atoms with Gasteiger partial charge in [0.05, 0.1) is 12.7 Å². The summed E-state index contributed by atoms with van der Waals surface area (Å²) in [4.78, 5) is 0. The zero-order chi connectivity index (χ0) is 12.7. The maximum atomic E-state index is 12.9. The second-order valence-corrected chi connectivity index (χ2v) is 3.89. The summed E-state index contributed by atoms with van der Waals surface area (Å²) in [5.41, 5.74) is 0.670. The molecule has 96 valence electrons. The van der Waals surface area contributed by atoms with Gasteiger partial charge in [-0.25, -0.2) is 4.39 Å². The molecule has 0 saturated carbocycles. The maximum Gasteiger partial charge on any atom is 0.127 e. The third-order valence-electron chi connectivity index (χ3n) is 2.28. The number of nitrogens with one attached hydrogen (secondary N) is 1. The second kappa shape index (κ2) is 7.21. The van der Waals surface area contributed by atoms with Crippen LogP contribution in [0.5, 0.6) is 5.75 Å². The van der Waals surface area contributed by atoms with E-state index in [2.05, 4.69) is 5.32 Å². The van der Waals surface area contributed by atoms with Gasteiger partial charge in [-0.15, -0.1) is 0 Å². The van der Waals surface area contributed by atoms with E-state index in [0.717, 1.165) is 6.07 Å². The standard InChI is InChI=1S/C12H18FNO3/c1-17-8-11(15)2-3-14-7-9-4-10(13)6-12(16)5-9/h4-6,11,14-16H,2-3,7-8H2,1H3. The van der Waals surface area contributed by atoms with Gasteiger partial charge in [0.15, 0.2) is 0 Å². The van der Waals surface area contributed by atoms with Crippen molar-refractivity contribution in [2.24, 2.45) is 0 Å². The monoisotopic (exact) mass is 243 g/mol. The number of hydrogen-bond acceptors (Lipinski definition) is 4. The highest BCUT2D eigenvalue weighted by Gasteiger charge is 2.03. The quantitative estimate of drug-likeness (QED) is 0.626. The van der Waals surface area contributed by atoms with Gasteiger partial charge in [-0.05, 0) is 30.7 Å². The van der Waals surface area contributed by atoms with Crippen LogP contribution < -0.4 is 5.32 Å². The summed E-state index contributed by atoms with van der Waals surface area (Å²) in [6.07, 6.45) is 0.0724. The molecule has 0 heterocycles. The van der Waals surface area contributed by atoms with E-state index in [1.165, 1.54) is 19.2 Å². The fraction of sp³-hybridized carbons (Fsp3) is 0.500. The van der Waals surface area contributed by atoms with Crippen molar-refractivity contribution >= 4 is 0 Å². The molecule has 0 aliphatic rings. The smallest absolute Gasteiger partial charge is 0.127 e. The minimum Gasteiger partial charge on any atom is -0.508 e. The lowest BCUT2D eigenvalue weighted by atomic mass is 10.2. The van der Waals surface area contributed by atoms with Crippen LogP contribution >= 0.6 is 0 Å². The van der Waals surface area contributed by atoms with Crippen LogP contribution in [0.3, 0.4) is 0 Å². The summed E-state index contributed by atoms with van der Waals surface area (Å²) >= 11 is 0. The molecular weight excluding hydrogens is 225 g/mol. The molecule has 0 aliphatic carbocycles. The van der Waals surface area contributed by atoms with Crippen molar-refractivity contribution in [1.29, 1.82) is 0 Å². The third-order valence-corrected chi connectivity index (χ3v) is 2.28. The Morgan fingerprint density at radius 3 is 2.82 bits per heavy atom. The molecule has 0 radical (unpaired) electrons. The molecule has 17 heavy (non-hydrogen) atoms. The molecule has 0 bridgehead atoms. The molecule has 0 amide bonds. The van der Waals surface area contributed by atoms with Gasteiger partial charge >= 0.3 is 0 Å². The predicted octanol–water partition coefficient (Wildman–Crippen LogP) is 1.02. The number of halogens is 1. The molecule has 1 unspecified atom stereocenters. The van der Waals surface area contributed by atoms with Crippen molar-refractivity contribution in [2.45, 2.75) is 19.1 Å². The molecule has 0 saturated heterocycles. The van der Waals surface area contributed by atoms with Gasteiger partial charge in [-0.3, -0.25) is 0 Å². The van der Waals surface area contributed by atoms with Crippen LogP contribution in [0.1, 0.15) is 12.0 Å². The van der Waals surface area contributed by atoms with Crippen LogP contribution in [-0.2, 0) is 11.3 Å². The lowest BCUT2D eigenvalue weighted by Gasteiger charge is -2.10. The van der Waals surface area contributed by atoms with Crippen LogP contribution in [0.4, 0.5) is 4.39 Å². The Hall–Kier alpha value is -1.17. The van der Waals surface area contributed by atoms with Crippen LogP contribution in [0.15, 0.2) is 18.2 Å². The Morgan fingerprint density at radius 2 is 2.18 bits per heavy atom. The number of hydrogen-bond donors (Lipinski definition) is 3. The van der Waals surface area contributed by atoms with Crippen LogP contribution in [-0.4, -0.2) is 36.6 Å². The number of benzene rings is 1. The molecule has 1 aromatic carbocycles. The topological polar surface area (TPSA) is 61.7 Å². The summed E-state index contributed by atoms with van der Waals surface area (Å²) < 4.78 is 17.7. The van der Waals surface area contributed by atoms with Gasteiger partial charge in [0.25, 0.3) is 0 Å². The number of aliphatic hydroxyl groups is 1. The summed E-state index contributed by atoms with van der Waals surface area (Å²) in [5.74, 6) is -0.539. The van der Waals surface area contributed by atoms with E-state index in [0.29, 0.717) is 31.7 Å². The lowest BCUT2D eigenvalue weighted by Crippen LogP contribution is -2.23. The van der Waals surface area contributed by atoms with Gasteiger partial charge in [0.2, 0.25) is 0 Å². The highest BCUT2D eigenvalue weighted by atomic mass is 19.1. The molecule has 0 aliphatic heterocycles. The summed E-state index contributed by atoms with van der Waals surface area (Å²) in [6, 6.07) is 3.92. The number of methoxy groups -OCH3 is 1. The predicted molar refractivity (Wildman–Crippen MR) is 62.3 cm³/mol. The van der Waals surface area contributed by atoms with Crippen molar-refractivity contribution in [3.05, 3.63) is 29.6 Å². The lowest BCUT2D eigenvalue weighted by molar-refractivity contribution is 0.0594. The Balaban J connectivity index is 2.26. The Morgan fingerprint density at radius 1 is 1.41 bits per heavy atom. The maximum absolute atomic E-state index is 12.9. The number of aromatic hydroxyl groups is 1. The van der Waals surface area contributed by atoms with E-state index >= 15 is 0 Å². The van der Waals surface area contributed by atoms with Gasteiger partial charge in [0, 0.05) is 19.7 Å². The van der Waals surface area contributed by atoms with Crippen molar-refractivity contribution in [3.63, 3.8) is 0 Å². The highest BCUT2D eigenvalue weighted by molar-refractivity contribution is 5.28. The van der Waals surface area contributed by atoms with E-state index in [1.54, 1.807) is 0 Å². The highest BCUT2D eigenvalue weighted by Crippen LogP contribution is 2.14. The van der Waals surface area contributed by atoms with Gasteiger partial charge in [0.1, 0.15) is 11.6 Å². The number of ether oxygens (including phenoxy) is 1. The molecule has 1 rings (SSSR count). The molecule has 0 aromatic heterocycles. The van der Waals surface area contributed by atoms with E-state index in [9.17, 15) is 14.6 Å². The molecule has 1 aromatic rings. The molecule has 3 N–H and O–H groups in total. The largest absolute Gasteiger partial charge is 0.508 e. The SMILES string of the molecule is COCC(O)CCNCc1cc(O)cc(F)c1. The van der Waals surface area contributed by atoms with Crippen molar-refractivity contribution in [3.8, 4) is 5.75 Å². The summed E-state index contributed by atoms with van der Waals surface area (Å²) in [5, 5.41) is 21.6. The normalized spacial score (nSPS) is 12.6. The Labute approximate surface area is 100 Å². The van der Waals surface area contributed by atoms with Crippen LogP contribution in [0.2, 0.25) is 0 Å². The Bertz CT molecular complexity index is 326. The van der Waals surface area contributed by atoms with Gasteiger partial charge in [-0.1, -0.05) is 0 Å². The minimum absolute atomic E-state index is 0.0822. The first-order chi connectivity index (χ1) is 8.11. The van der Waals surface area contributed by atoms with E-state index in [1.807, 2.05) is 0 Å². The first kappa shape index (κ1) is 13.9. The molecule has 0 spiro atoms. The van der Waals surface area contributed by atoms with E-state index in [-0.39, 0.29) is 5.75 Å². The molecule has 4 nitrogen and oxygen atoms in total. The van der Waals surface area contributed by atoms with Crippen molar-refractivity contribution < 1.29 is 19.3 Å². The van der Waals surface area contributed by atoms with Crippen LogP contribution in [0.25, 0.3) is 0 Å². The van der Waals surface area contributed by atoms with Gasteiger partial charge in [-0.2, -0.15) is 0 Å². The van der Waals surface area contributed by atoms with E-state index in [4.69, 9.17) is 4.74 Å². The fourth-order valence-corrected chi connectivity index (χ4v) is 1.51. The molecule has 0 fully saturated rings. The number of aliphatic hydroxyl groups excluding tert-OH is 1. The minimum atomic E-state index is -0.492. The molecule has 1 atom stereocenters. The van der Waals surface area contributed by atoms with E-state index < -0.39 is 11.9 Å². The summed E-state index contributed by atoms with van der Waals surface area (Å²) in [6.45, 7) is 1.36. The van der Waals surface area contributed by atoms with Crippen LogP contribution in [0, 0.1) is 5.82 Å². The number of phenolic OH excluding ortho intramolecular Hbond substituents is 1. The first-order valence-electron chi connectivity index (χ1n) is 5.48. The second-order valence-electron chi connectivity index (χ2n) is 3.89. The summed E-state index contributed by atoms with van der Waals surface area (Å²) in [7, 11) is 1.53. The van der Waals surface area contributed by atoms with Crippen molar-refractivity contribution in [1.82, 2.24) is 5.32 Å². The zero-order valence-electron chi connectivity index (χ0n) is 9.82. The fourth-order valence-electron chi connectivity index (χ4n) is 1.51. The number of rotatable bonds is 7. The zero-order valence-corrected chi connectivity index (χ0v) is 9.82. The average molecular weight is 243 g/mol. The average Bonchev–Trinajstić information content (AvgIpc) is 2.23. The Kier molecular flexibility index (Phi) is 5.90. The molecular formula is C12H18FNO3.